The first kappa shape index (κ1) is 18.8. The Kier molecular flexibility index (Phi) is 6.99. The predicted molar refractivity (Wildman–Crippen MR) is 89.4 cm³/mol. The minimum Gasteiger partial charge on any atom is -0.289 e. The summed E-state index contributed by atoms with van der Waals surface area (Å²) in [7, 11) is 0.0347. The summed E-state index contributed by atoms with van der Waals surface area (Å²) in [5.41, 5.74) is 3.88. The Hall–Kier alpha value is -0.283. The molecule has 1 unspecified atom stereocenters. The van der Waals surface area contributed by atoms with Gasteiger partial charge in [0.2, 0.25) is 0 Å². The second kappa shape index (κ2) is 7.82. The number of halogens is 2. The fourth-order valence-corrected chi connectivity index (χ4v) is 4.16. The summed E-state index contributed by atoms with van der Waals surface area (Å²) in [5, 5.41) is 1.91. The van der Waals surface area contributed by atoms with Crippen LogP contribution in [0.15, 0.2) is 30.3 Å². The molecular weight excluding hydrogens is 317 g/mol. The van der Waals surface area contributed by atoms with E-state index in [9.17, 15) is 4.79 Å². The minimum absolute atomic E-state index is 0. The molecule has 0 N–H and O–H groups in total. The van der Waals surface area contributed by atoms with Crippen LogP contribution in [0.3, 0.4) is 0 Å². The molecule has 21 heavy (non-hydrogen) atoms. The molecule has 0 heterocycles. The van der Waals surface area contributed by atoms with Crippen LogP contribution in [0.1, 0.15) is 27.0 Å². The van der Waals surface area contributed by atoms with E-state index in [0.29, 0.717) is 15.6 Å². The molecule has 0 saturated heterocycles. The fraction of sp³-hybridized carbons (Fsp3) is 0.188. The third kappa shape index (κ3) is 4.35. The zero-order valence-corrected chi connectivity index (χ0v) is 15.1. The van der Waals surface area contributed by atoms with Crippen molar-refractivity contribution in [3.05, 3.63) is 62.6 Å². The number of aryl methyl sites for hydroxylation is 3. The Labute approximate surface area is 149 Å². The van der Waals surface area contributed by atoms with Gasteiger partial charge in [0.05, 0.1) is 15.6 Å². The van der Waals surface area contributed by atoms with E-state index in [-0.39, 0.29) is 33.0 Å². The maximum absolute atomic E-state index is 12.5. The first-order valence-electron chi connectivity index (χ1n) is 6.23. The largest absolute Gasteiger partial charge is 1.00 e. The zero-order chi connectivity index (χ0) is 14.9. The average molecular weight is 332 g/mol. The summed E-state index contributed by atoms with van der Waals surface area (Å²) >= 11 is 12.2. The van der Waals surface area contributed by atoms with Gasteiger partial charge in [0.1, 0.15) is 0 Å². The summed E-state index contributed by atoms with van der Waals surface area (Å²) in [4.78, 5) is 12.5. The third-order valence-electron chi connectivity index (χ3n) is 3.11. The first-order valence-corrected chi connectivity index (χ1v) is 7.99. The van der Waals surface area contributed by atoms with Gasteiger partial charge >= 0.3 is 18.9 Å². The van der Waals surface area contributed by atoms with Gasteiger partial charge in [0.15, 0.2) is 5.52 Å². The quantitative estimate of drug-likeness (QED) is 0.621. The van der Waals surface area contributed by atoms with Crippen LogP contribution in [0.4, 0.5) is 0 Å². The van der Waals surface area contributed by atoms with Gasteiger partial charge in [-0.05, 0) is 57.9 Å². The Morgan fingerprint density at radius 3 is 1.95 bits per heavy atom. The van der Waals surface area contributed by atoms with E-state index in [1.165, 1.54) is 5.56 Å². The van der Waals surface area contributed by atoms with E-state index < -0.39 is 0 Å². The van der Waals surface area contributed by atoms with Crippen LogP contribution in [-0.2, 0) is 0 Å². The SMILES string of the molecule is Cc1cc(C)c(PC(=O)c2c(Cl)cccc2Cl)c(C)c1.[Li+]. The maximum atomic E-state index is 12.5. The van der Waals surface area contributed by atoms with Crippen LogP contribution in [-0.4, -0.2) is 5.52 Å². The van der Waals surface area contributed by atoms with Gasteiger partial charge in [0.25, 0.3) is 0 Å². The molecule has 0 bridgehead atoms. The van der Waals surface area contributed by atoms with Gasteiger partial charge in [-0.25, -0.2) is 0 Å². The van der Waals surface area contributed by atoms with E-state index >= 15 is 0 Å². The zero-order valence-electron chi connectivity index (χ0n) is 12.6. The molecule has 0 amide bonds. The molecule has 1 nitrogen and oxygen atoms in total. The summed E-state index contributed by atoms with van der Waals surface area (Å²) < 4.78 is 0. The number of hydrogen-bond donors (Lipinski definition) is 0. The first-order chi connectivity index (χ1) is 9.40. The molecule has 0 saturated carbocycles. The number of rotatable bonds is 3. The molecule has 0 fully saturated rings. The molecule has 0 aromatic heterocycles. The Morgan fingerprint density at radius 1 is 1.00 bits per heavy atom. The van der Waals surface area contributed by atoms with Crippen molar-refractivity contribution in [2.75, 3.05) is 0 Å². The van der Waals surface area contributed by atoms with Crippen molar-refractivity contribution in [3.8, 4) is 0 Å². The summed E-state index contributed by atoms with van der Waals surface area (Å²) in [6.45, 7) is 6.12. The molecule has 0 radical (unpaired) electrons. The van der Waals surface area contributed by atoms with Crippen LogP contribution in [0.25, 0.3) is 0 Å². The summed E-state index contributed by atoms with van der Waals surface area (Å²) in [6.07, 6.45) is 0. The van der Waals surface area contributed by atoms with Crippen molar-refractivity contribution in [2.45, 2.75) is 20.8 Å². The van der Waals surface area contributed by atoms with Crippen LogP contribution in [0.5, 0.6) is 0 Å². The average Bonchev–Trinajstić information content (AvgIpc) is 2.33. The summed E-state index contributed by atoms with van der Waals surface area (Å²) in [5.74, 6) is 0. The third-order valence-corrected chi connectivity index (χ3v) is 5.25. The molecule has 0 aliphatic rings. The fourth-order valence-electron chi connectivity index (χ4n) is 2.27. The van der Waals surface area contributed by atoms with Crippen LogP contribution in [0, 0.1) is 20.8 Å². The van der Waals surface area contributed by atoms with Gasteiger partial charge in [-0.1, -0.05) is 47.0 Å². The second-order valence-corrected chi connectivity index (χ2v) is 6.84. The molecule has 104 valence electrons. The standard InChI is InChI=1S/C16H15Cl2OP.Li/c1-9-7-10(2)15(11(3)8-9)20-16(19)14-12(17)5-4-6-13(14)18;/h4-8,20H,1-3H3;/q;+1. The van der Waals surface area contributed by atoms with Gasteiger partial charge < -0.3 is 0 Å². The van der Waals surface area contributed by atoms with E-state index in [1.807, 2.05) is 13.8 Å². The molecule has 0 spiro atoms. The number of hydrogen-bond acceptors (Lipinski definition) is 1. The van der Waals surface area contributed by atoms with E-state index in [1.54, 1.807) is 18.2 Å². The molecule has 2 aromatic rings. The summed E-state index contributed by atoms with van der Waals surface area (Å²) in [6, 6.07) is 9.32. The monoisotopic (exact) mass is 331 g/mol. The van der Waals surface area contributed by atoms with Crippen molar-refractivity contribution in [3.63, 3.8) is 0 Å². The molecule has 5 heteroatoms. The minimum atomic E-state index is -0.0179. The Bertz CT molecular complexity index is 643. The van der Waals surface area contributed by atoms with E-state index in [2.05, 4.69) is 19.1 Å². The molecule has 1 atom stereocenters. The Balaban J connectivity index is 0.00000220. The maximum Gasteiger partial charge on any atom is 1.00 e. The van der Waals surface area contributed by atoms with Gasteiger partial charge in [0, 0.05) is 0 Å². The normalized spacial score (nSPS) is 10.7. The molecular formula is C16H15Cl2LiOP+. The van der Waals surface area contributed by atoms with Gasteiger partial charge in [-0.3, -0.25) is 4.79 Å². The van der Waals surface area contributed by atoms with Crippen LogP contribution in [0.2, 0.25) is 10.0 Å². The van der Waals surface area contributed by atoms with Crippen molar-refractivity contribution in [1.82, 2.24) is 0 Å². The topological polar surface area (TPSA) is 17.1 Å². The van der Waals surface area contributed by atoms with Crippen molar-refractivity contribution >= 4 is 42.6 Å². The molecule has 2 rings (SSSR count). The van der Waals surface area contributed by atoms with Crippen molar-refractivity contribution in [2.24, 2.45) is 0 Å². The van der Waals surface area contributed by atoms with Crippen molar-refractivity contribution in [1.29, 1.82) is 0 Å². The number of carbonyl (C=O) groups is 1. The van der Waals surface area contributed by atoms with Crippen LogP contribution >= 0.6 is 31.8 Å². The number of benzene rings is 2. The molecule has 0 aliphatic carbocycles. The molecule has 2 aromatic carbocycles. The second-order valence-electron chi connectivity index (χ2n) is 4.82. The van der Waals surface area contributed by atoms with Crippen LogP contribution < -0.4 is 24.2 Å². The molecule has 0 aliphatic heterocycles. The van der Waals surface area contributed by atoms with E-state index in [4.69, 9.17) is 23.2 Å². The smallest absolute Gasteiger partial charge is 0.289 e. The Morgan fingerprint density at radius 2 is 1.48 bits per heavy atom. The van der Waals surface area contributed by atoms with Crippen molar-refractivity contribution < 1.29 is 23.7 Å². The number of carbonyl (C=O) groups excluding carboxylic acids is 1. The van der Waals surface area contributed by atoms with Gasteiger partial charge in [-0.15, -0.1) is 0 Å². The van der Waals surface area contributed by atoms with E-state index in [0.717, 1.165) is 16.4 Å². The van der Waals surface area contributed by atoms with Gasteiger partial charge in [-0.2, -0.15) is 0 Å². The predicted octanol–water partition coefficient (Wildman–Crippen LogP) is 2.07.